The van der Waals surface area contributed by atoms with Gasteiger partial charge in [0.2, 0.25) is 5.91 Å². The first-order chi connectivity index (χ1) is 8.97. The minimum absolute atomic E-state index is 0.288. The summed E-state index contributed by atoms with van der Waals surface area (Å²) in [6.45, 7) is 4.55. The van der Waals surface area contributed by atoms with E-state index in [1.165, 1.54) is 17.1 Å². The van der Waals surface area contributed by atoms with Crippen molar-refractivity contribution in [1.29, 1.82) is 0 Å². The Hall–Kier alpha value is -1.66. The monoisotopic (exact) mass is 296 g/mol. The van der Waals surface area contributed by atoms with Gasteiger partial charge in [-0.25, -0.2) is 9.97 Å². The number of carbonyl (C=O) groups excluding carboxylic acids is 1. The molecule has 0 spiro atoms. The molecule has 0 aliphatic heterocycles. The van der Waals surface area contributed by atoms with E-state index in [0.717, 1.165) is 10.7 Å². The molecule has 0 saturated heterocycles. The van der Waals surface area contributed by atoms with Gasteiger partial charge in [0, 0.05) is 11.1 Å². The van der Waals surface area contributed by atoms with Gasteiger partial charge in [-0.2, -0.15) is 0 Å². The van der Waals surface area contributed by atoms with Gasteiger partial charge in [0.15, 0.2) is 0 Å². The number of amides is 1. The first-order valence-electron chi connectivity index (χ1n) is 5.59. The van der Waals surface area contributed by atoms with Crippen LogP contribution in [0.15, 0.2) is 12.3 Å². The van der Waals surface area contributed by atoms with Crippen molar-refractivity contribution >= 4 is 34.7 Å². The van der Waals surface area contributed by atoms with Gasteiger partial charge in [0.05, 0.1) is 22.8 Å². The Morgan fingerprint density at radius 2 is 2.26 bits per heavy atom. The number of nitrogens with zero attached hydrogens (tertiary/aromatic N) is 2. The number of hydrogen-bond donors (Lipinski definition) is 2. The number of primary amides is 1. The summed E-state index contributed by atoms with van der Waals surface area (Å²) in [5, 5.41) is 4.42. The fourth-order valence-corrected chi connectivity index (χ4v) is 2.58. The average Bonchev–Trinajstić information content (AvgIpc) is 2.67. The summed E-state index contributed by atoms with van der Waals surface area (Å²) < 4.78 is 0. The fourth-order valence-electron chi connectivity index (χ4n) is 1.48. The quantitative estimate of drug-likeness (QED) is 0.908. The second-order valence-electron chi connectivity index (χ2n) is 4.02. The lowest BCUT2D eigenvalue weighted by Gasteiger charge is -2.06. The molecule has 7 heteroatoms. The number of rotatable bonds is 4. The van der Waals surface area contributed by atoms with Crippen LogP contribution in [0.5, 0.6) is 0 Å². The molecule has 100 valence electrons. The Balaban J connectivity index is 2.09. The SMILES string of the molecule is Cc1nc(CNc2ncc(C(N)=O)cc2Cl)sc1C. The van der Waals surface area contributed by atoms with Gasteiger partial charge in [0.25, 0.3) is 0 Å². The number of anilines is 1. The summed E-state index contributed by atoms with van der Waals surface area (Å²) in [6.07, 6.45) is 1.40. The van der Waals surface area contributed by atoms with E-state index < -0.39 is 5.91 Å². The van der Waals surface area contributed by atoms with Crippen molar-refractivity contribution in [2.75, 3.05) is 5.32 Å². The van der Waals surface area contributed by atoms with E-state index in [2.05, 4.69) is 15.3 Å². The third kappa shape index (κ3) is 3.21. The Kier molecular flexibility index (Phi) is 4.01. The Morgan fingerprint density at radius 3 is 2.79 bits per heavy atom. The molecule has 0 unspecified atom stereocenters. The van der Waals surface area contributed by atoms with Crippen LogP contribution in [0.2, 0.25) is 5.02 Å². The second kappa shape index (κ2) is 5.54. The molecule has 2 heterocycles. The van der Waals surface area contributed by atoms with E-state index in [0.29, 0.717) is 17.4 Å². The lowest BCUT2D eigenvalue weighted by Crippen LogP contribution is -2.12. The normalized spacial score (nSPS) is 10.5. The van der Waals surface area contributed by atoms with Crippen LogP contribution >= 0.6 is 22.9 Å². The molecule has 2 aromatic heterocycles. The van der Waals surface area contributed by atoms with Gasteiger partial charge >= 0.3 is 0 Å². The van der Waals surface area contributed by atoms with Gasteiger partial charge in [-0.3, -0.25) is 4.79 Å². The largest absolute Gasteiger partial charge is 0.366 e. The Labute approximate surface area is 119 Å². The second-order valence-corrected chi connectivity index (χ2v) is 5.72. The zero-order valence-electron chi connectivity index (χ0n) is 10.5. The molecular formula is C12H13ClN4OS. The van der Waals surface area contributed by atoms with Crippen LogP contribution in [0.3, 0.4) is 0 Å². The maximum atomic E-state index is 11.0. The van der Waals surface area contributed by atoms with Gasteiger partial charge in [0.1, 0.15) is 10.8 Å². The number of aromatic nitrogens is 2. The van der Waals surface area contributed by atoms with Crippen molar-refractivity contribution in [1.82, 2.24) is 9.97 Å². The molecule has 0 aliphatic carbocycles. The Morgan fingerprint density at radius 1 is 1.53 bits per heavy atom. The maximum Gasteiger partial charge on any atom is 0.250 e. The predicted octanol–water partition coefficient (Wildman–Crippen LogP) is 2.52. The summed E-state index contributed by atoms with van der Waals surface area (Å²) in [4.78, 5) is 20.7. The summed E-state index contributed by atoms with van der Waals surface area (Å²) in [6, 6.07) is 1.50. The van der Waals surface area contributed by atoms with E-state index in [4.69, 9.17) is 17.3 Å². The minimum atomic E-state index is -0.549. The number of thiazole rings is 1. The average molecular weight is 297 g/mol. The van der Waals surface area contributed by atoms with Gasteiger partial charge in [-0.05, 0) is 19.9 Å². The molecule has 1 amide bonds. The van der Waals surface area contributed by atoms with Crippen LogP contribution in [0.1, 0.15) is 25.9 Å². The Bertz CT molecular complexity index is 607. The van der Waals surface area contributed by atoms with Crippen LogP contribution in [0.25, 0.3) is 0 Å². The number of nitrogens with one attached hydrogen (secondary N) is 1. The summed E-state index contributed by atoms with van der Waals surface area (Å²) in [5.74, 6) is -0.0377. The lowest BCUT2D eigenvalue weighted by molar-refractivity contribution is 0.1000. The molecule has 0 atom stereocenters. The van der Waals surface area contributed by atoms with E-state index in [-0.39, 0.29) is 5.56 Å². The van der Waals surface area contributed by atoms with Crippen molar-refractivity contribution in [3.05, 3.63) is 38.4 Å². The molecule has 5 nitrogen and oxygen atoms in total. The molecule has 3 N–H and O–H groups in total. The molecule has 0 fully saturated rings. The number of halogens is 1. The van der Waals surface area contributed by atoms with Crippen molar-refractivity contribution < 1.29 is 4.79 Å². The third-order valence-electron chi connectivity index (χ3n) is 2.61. The van der Waals surface area contributed by atoms with Crippen LogP contribution < -0.4 is 11.1 Å². The fraction of sp³-hybridized carbons (Fsp3) is 0.250. The molecule has 2 rings (SSSR count). The first kappa shape index (κ1) is 13.8. The lowest BCUT2D eigenvalue weighted by atomic mass is 10.3. The zero-order valence-corrected chi connectivity index (χ0v) is 12.1. The third-order valence-corrected chi connectivity index (χ3v) is 3.97. The molecule has 0 bridgehead atoms. The predicted molar refractivity (Wildman–Crippen MR) is 76.7 cm³/mol. The van der Waals surface area contributed by atoms with E-state index in [1.807, 2.05) is 13.8 Å². The number of aryl methyl sites for hydroxylation is 2. The molecule has 19 heavy (non-hydrogen) atoms. The van der Waals surface area contributed by atoms with Crippen molar-refractivity contribution in [3.63, 3.8) is 0 Å². The summed E-state index contributed by atoms with van der Waals surface area (Å²) in [7, 11) is 0. The van der Waals surface area contributed by atoms with Crippen LogP contribution in [0, 0.1) is 13.8 Å². The van der Waals surface area contributed by atoms with E-state index >= 15 is 0 Å². The van der Waals surface area contributed by atoms with Crippen LogP contribution in [0.4, 0.5) is 5.82 Å². The van der Waals surface area contributed by atoms with Gasteiger partial charge in [-0.15, -0.1) is 11.3 Å². The topological polar surface area (TPSA) is 80.9 Å². The van der Waals surface area contributed by atoms with Crippen molar-refractivity contribution in [3.8, 4) is 0 Å². The molecule has 0 aromatic carbocycles. The molecule has 2 aromatic rings. The number of nitrogens with two attached hydrogens (primary N) is 1. The van der Waals surface area contributed by atoms with Gasteiger partial charge < -0.3 is 11.1 Å². The molecule has 0 radical (unpaired) electrons. The van der Waals surface area contributed by atoms with Crippen molar-refractivity contribution in [2.24, 2.45) is 5.73 Å². The van der Waals surface area contributed by atoms with Crippen molar-refractivity contribution in [2.45, 2.75) is 20.4 Å². The van der Waals surface area contributed by atoms with E-state index in [9.17, 15) is 4.79 Å². The number of hydrogen-bond acceptors (Lipinski definition) is 5. The molecule has 0 saturated carbocycles. The van der Waals surface area contributed by atoms with Crippen LogP contribution in [-0.4, -0.2) is 15.9 Å². The first-order valence-corrected chi connectivity index (χ1v) is 6.79. The zero-order chi connectivity index (χ0) is 14.0. The highest BCUT2D eigenvalue weighted by molar-refractivity contribution is 7.11. The highest BCUT2D eigenvalue weighted by Gasteiger charge is 2.08. The smallest absolute Gasteiger partial charge is 0.250 e. The summed E-state index contributed by atoms with van der Waals surface area (Å²) in [5.41, 5.74) is 6.47. The van der Waals surface area contributed by atoms with Gasteiger partial charge in [-0.1, -0.05) is 11.6 Å². The number of pyridine rings is 1. The molecular weight excluding hydrogens is 284 g/mol. The summed E-state index contributed by atoms with van der Waals surface area (Å²) >= 11 is 7.66. The van der Waals surface area contributed by atoms with E-state index in [1.54, 1.807) is 11.3 Å². The minimum Gasteiger partial charge on any atom is -0.366 e. The highest BCUT2D eigenvalue weighted by atomic mass is 35.5. The highest BCUT2D eigenvalue weighted by Crippen LogP contribution is 2.22. The van der Waals surface area contributed by atoms with Crippen LogP contribution in [-0.2, 0) is 6.54 Å². The maximum absolute atomic E-state index is 11.0. The standard InChI is InChI=1S/C12H13ClN4OS/c1-6-7(2)19-10(17-6)5-16-12-9(13)3-8(4-15-12)11(14)18/h3-4H,5H2,1-2H3,(H2,14,18)(H,15,16). The number of carbonyl (C=O) groups is 1. The molecule has 0 aliphatic rings.